The highest BCUT2D eigenvalue weighted by atomic mass is 79.9. The quantitative estimate of drug-likeness (QED) is 0.701. The maximum atomic E-state index is 4.43. The molecule has 5 nitrogen and oxygen atoms in total. The summed E-state index contributed by atoms with van der Waals surface area (Å²) in [5.74, 6) is 1.13. The lowest BCUT2D eigenvalue weighted by atomic mass is 10.1. The van der Waals surface area contributed by atoms with E-state index in [2.05, 4.69) is 72.9 Å². The van der Waals surface area contributed by atoms with Crippen molar-refractivity contribution in [3.8, 4) is 0 Å². The van der Waals surface area contributed by atoms with Crippen molar-refractivity contribution in [1.29, 1.82) is 0 Å². The first-order valence-electron chi connectivity index (χ1n) is 7.21. The number of benzene rings is 2. The molecule has 0 aliphatic rings. The fourth-order valence-electron chi connectivity index (χ4n) is 2.02. The molecule has 0 fully saturated rings. The van der Waals surface area contributed by atoms with E-state index in [4.69, 9.17) is 0 Å². The van der Waals surface area contributed by atoms with E-state index in [1.165, 1.54) is 11.1 Å². The third-order valence-corrected chi connectivity index (χ3v) is 3.96. The maximum absolute atomic E-state index is 4.43. The van der Waals surface area contributed by atoms with Crippen molar-refractivity contribution in [2.24, 2.45) is 0 Å². The zero-order valence-electron chi connectivity index (χ0n) is 12.6. The second-order valence-electron chi connectivity index (χ2n) is 5.11. The van der Waals surface area contributed by atoms with Crippen molar-refractivity contribution in [1.82, 2.24) is 15.2 Å². The van der Waals surface area contributed by atoms with Crippen molar-refractivity contribution in [3.05, 3.63) is 70.3 Å². The summed E-state index contributed by atoms with van der Waals surface area (Å²) >= 11 is 3.49. The molecule has 1 heterocycles. The lowest BCUT2D eigenvalue weighted by Crippen LogP contribution is -2.05. The number of nitrogens with zero attached hydrogens (tertiary/aromatic N) is 3. The van der Waals surface area contributed by atoms with Crippen LogP contribution in [-0.2, 0) is 6.54 Å². The van der Waals surface area contributed by atoms with E-state index in [1.54, 1.807) is 6.20 Å². The highest BCUT2D eigenvalue weighted by Crippen LogP contribution is 2.23. The summed E-state index contributed by atoms with van der Waals surface area (Å²) in [6.07, 6.45) is 1.61. The molecule has 0 unspecified atom stereocenters. The maximum Gasteiger partial charge on any atom is 0.249 e. The van der Waals surface area contributed by atoms with Gasteiger partial charge in [-0.25, -0.2) is 0 Å². The Balaban J connectivity index is 1.67. The van der Waals surface area contributed by atoms with Gasteiger partial charge in [-0.1, -0.05) is 42.0 Å². The van der Waals surface area contributed by atoms with Crippen LogP contribution in [0.2, 0.25) is 0 Å². The standard InChI is InChI=1S/C17H16BrN5/c1-12-6-8-13(9-7-12)10-19-16-11-20-23-17(22-16)21-15-5-3-2-4-14(15)18/h2-9,11H,10H2,1H3,(H2,19,21,22,23). The van der Waals surface area contributed by atoms with E-state index < -0.39 is 0 Å². The van der Waals surface area contributed by atoms with Gasteiger partial charge in [0.15, 0.2) is 5.82 Å². The van der Waals surface area contributed by atoms with Gasteiger partial charge in [0.05, 0.1) is 11.9 Å². The molecule has 0 saturated heterocycles. The number of hydrogen-bond acceptors (Lipinski definition) is 5. The van der Waals surface area contributed by atoms with Crippen LogP contribution in [-0.4, -0.2) is 15.2 Å². The molecule has 0 spiro atoms. The van der Waals surface area contributed by atoms with Gasteiger partial charge < -0.3 is 10.6 Å². The fraction of sp³-hybridized carbons (Fsp3) is 0.118. The molecule has 116 valence electrons. The summed E-state index contributed by atoms with van der Waals surface area (Å²) in [5.41, 5.74) is 3.33. The van der Waals surface area contributed by atoms with E-state index in [1.807, 2.05) is 24.3 Å². The Morgan fingerprint density at radius 2 is 1.83 bits per heavy atom. The number of rotatable bonds is 5. The average molecular weight is 370 g/mol. The Hall–Kier alpha value is -2.47. The van der Waals surface area contributed by atoms with Crippen LogP contribution >= 0.6 is 15.9 Å². The molecular formula is C17H16BrN5. The Labute approximate surface area is 143 Å². The van der Waals surface area contributed by atoms with Crippen LogP contribution < -0.4 is 10.6 Å². The molecule has 1 aromatic heterocycles. The summed E-state index contributed by atoms with van der Waals surface area (Å²) in [6.45, 7) is 2.76. The minimum absolute atomic E-state index is 0.450. The molecule has 2 aromatic carbocycles. The highest BCUT2D eigenvalue weighted by Gasteiger charge is 2.04. The van der Waals surface area contributed by atoms with Crippen molar-refractivity contribution in [2.75, 3.05) is 10.6 Å². The molecule has 0 atom stereocenters. The molecule has 0 saturated carbocycles. The van der Waals surface area contributed by atoms with Crippen LogP contribution in [0.3, 0.4) is 0 Å². The summed E-state index contributed by atoms with van der Waals surface area (Å²) in [4.78, 5) is 4.43. The van der Waals surface area contributed by atoms with Crippen molar-refractivity contribution in [2.45, 2.75) is 13.5 Å². The Bertz CT molecular complexity index is 789. The van der Waals surface area contributed by atoms with E-state index in [-0.39, 0.29) is 0 Å². The van der Waals surface area contributed by atoms with Crippen LogP contribution in [0.1, 0.15) is 11.1 Å². The second-order valence-corrected chi connectivity index (χ2v) is 5.96. The van der Waals surface area contributed by atoms with Gasteiger partial charge in [-0.05, 0) is 40.5 Å². The van der Waals surface area contributed by atoms with Gasteiger partial charge in [0.2, 0.25) is 5.95 Å². The first kappa shape index (κ1) is 15.4. The van der Waals surface area contributed by atoms with Gasteiger partial charge in [0, 0.05) is 11.0 Å². The molecule has 2 N–H and O–H groups in total. The third-order valence-electron chi connectivity index (χ3n) is 3.27. The highest BCUT2D eigenvalue weighted by molar-refractivity contribution is 9.10. The third kappa shape index (κ3) is 4.26. The molecular weight excluding hydrogens is 354 g/mol. The molecule has 0 bridgehead atoms. The summed E-state index contributed by atoms with van der Waals surface area (Å²) in [5, 5.41) is 14.4. The van der Waals surface area contributed by atoms with E-state index in [0.717, 1.165) is 10.2 Å². The number of nitrogens with one attached hydrogen (secondary N) is 2. The van der Waals surface area contributed by atoms with Gasteiger partial charge >= 0.3 is 0 Å². The minimum atomic E-state index is 0.450. The molecule has 6 heteroatoms. The van der Waals surface area contributed by atoms with Crippen molar-refractivity contribution < 1.29 is 0 Å². The van der Waals surface area contributed by atoms with Crippen LogP contribution in [0.15, 0.2) is 59.2 Å². The number of aromatic nitrogens is 3. The van der Waals surface area contributed by atoms with E-state index >= 15 is 0 Å². The van der Waals surface area contributed by atoms with Crippen LogP contribution in [0.4, 0.5) is 17.5 Å². The summed E-state index contributed by atoms with van der Waals surface area (Å²) in [6, 6.07) is 16.2. The Morgan fingerprint density at radius 3 is 2.61 bits per heavy atom. The normalized spacial score (nSPS) is 10.3. The van der Waals surface area contributed by atoms with E-state index in [9.17, 15) is 0 Å². The molecule has 3 aromatic rings. The fourth-order valence-corrected chi connectivity index (χ4v) is 2.41. The molecule has 0 radical (unpaired) electrons. The van der Waals surface area contributed by atoms with Gasteiger partial charge in [0.25, 0.3) is 0 Å². The molecule has 0 amide bonds. The Morgan fingerprint density at radius 1 is 1.04 bits per heavy atom. The SMILES string of the molecule is Cc1ccc(CNc2cnnc(Nc3ccccc3Br)n2)cc1. The molecule has 0 aliphatic carbocycles. The summed E-state index contributed by atoms with van der Waals surface area (Å²) in [7, 11) is 0. The minimum Gasteiger partial charge on any atom is -0.365 e. The zero-order chi connectivity index (χ0) is 16.1. The molecule has 0 aliphatic heterocycles. The first-order valence-corrected chi connectivity index (χ1v) is 8.01. The first-order chi connectivity index (χ1) is 11.2. The monoisotopic (exact) mass is 369 g/mol. The van der Waals surface area contributed by atoms with Gasteiger partial charge in [-0.15, -0.1) is 5.10 Å². The Kier molecular flexibility index (Phi) is 4.83. The summed E-state index contributed by atoms with van der Waals surface area (Å²) < 4.78 is 0.946. The predicted octanol–water partition coefficient (Wildman–Crippen LogP) is 4.30. The lowest BCUT2D eigenvalue weighted by molar-refractivity contribution is 0.965. The smallest absolute Gasteiger partial charge is 0.249 e. The molecule has 3 rings (SSSR count). The number of halogens is 1. The van der Waals surface area contributed by atoms with Gasteiger partial charge in [-0.3, -0.25) is 0 Å². The van der Waals surface area contributed by atoms with E-state index in [0.29, 0.717) is 18.3 Å². The topological polar surface area (TPSA) is 62.7 Å². The second kappa shape index (κ2) is 7.19. The number of anilines is 3. The van der Waals surface area contributed by atoms with Gasteiger partial charge in [-0.2, -0.15) is 10.1 Å². The average Bonchev–Trinajstić information content (AvgIpc) is 2.57. The van der Waals surface area contributed by atoms with Crippen molar-refractivity contribution >= 4 is 33.4 Å². The number of aryl methyl sites for hydroxylation is 1. The number of hydrogen-bond donors (Lipinski definition) is 2. The number of para-hydroxylation sites is 1. The van der Waals surface area contributed by atoms with Crippen LogP contribution in [0.5, 0.6) is 0 Å². The zero-order valence-corrected chi connectivity index (χ0v) is 14.2. The van der Waals surface area contributed by atoms with Crippen LogP contribution in [0, 0.1) is 6.92 Å². The predicted molar refractivity (Wildman–Crippen MR) is 95.8 cm³/mol. The van der Waals surface area contributed by atoms with Crippen molar-refractivity contribution in [3.63, 3.8) is 0 Å². The van der Waals surface area contributed by atoms with Gasteiger partial charge in [0.1, 0.15) is 0 Å². The largest absolute Gasteiger partial charge is 0.365 e. The van der Waals surface area contributed by atoms with Crippen LogP contribution in [0.25, 0.3) is 0 Å². The molecule has 23 heavy (non-hydrogen) atoms. The lowest BCUT2D eigenvalue weighted by Gasteiger charge is -2.09.